The molecule has 0 amide bonds. The Morgan fingerprint density at radius 3 is 2.20 bits per heavy atom. The van der Waals surface area contributed by atoms with Crippen LogP contribution in [0.5, 0.6) is 0 Å². The van der Waals surface area contributed by atoms with Crippen LogP contribution < -0.4 is 11.2 Å². The van der Waals surface area contributed by atoms with Gasteiger partial charge in [0.2, 0.25) is 0 Å². The summed E-state index contributed by atoms with van der Waals surface area (Å²) in [5, 5.41) is 71.3. The number of nitrogens with one attached hydrogen (secondary N) is 1. The number of hydrogen-bond donors (Lipinski definition) is 9. The Morgan fingerprint density at radius 2 is 1.77 bits per heavy atom. The van der Waals surface area contributed by atoms with Crippen LogP contribution in [-0.2, 0) is 14.3 Å². The highest BCUT2D eigenvalue weighted by molar-refractivity contribution is 5.73. The number of hydrogen-bond acceptors (Lipinski definition) is 12. The number of aromatic amines is 1. The first kappa shape index (κ1) is 25.5. The van der Waals surface area contributed by atoms with E-state index in [4.69, 9.17) is 35.4 Å². The SMILES string of the molecule is O=CC(O)C(O)C(O)C(O)C(=O)O.O=c1ccn([C@@H]2O[C@H](CO)[C@@H](O)[C@H]2O)c(=O)[nH]1. The molecule has 1 saturated heterocycles. The van der Waals surface area contributed by atoms with Crippen LogP contribution in [-0.4, -0.2) is 112 Å². The number of aliphatic hydroxyl groups is 7. The molecule has 1 fully saturated rings. The van der Waals surface area contributed by atoms with Gasteiger partial charge in [-0.3, -0.25) is 14.3 Å². The first-order valence-corrected chi connectivity index (χ1v) is 8.30. The van der Waals surface area contributed by atoms with Gasteiger partial charge in [0.1, 0.15) is 36.6 Å². The molecular weight excluding hydrogens is 416 g/mol. The minimum atomic E-state index is -2.25. The normalized spacial score (nSPS) is 27.3. The second-order valence-corrected chi connectivity index (χ2v) is 6.14. The summed E-state index contributed by atoms with van der Waals surface area (Å²) in [7, 11) is 0. The zero-order valence-electron chi connectivity index (χ0n) is 15.1. The highest BCUT2D eigenvalue weighted by Crippen LogP contribution is 2.27. The molecule has 2 rings (SSSR count). The third-order valence-corrected chi connectivity index (χ3v) is 4.06. The molecule has 8 atom stereocenters. The Labute approximate surface area is 166 Å². The fourth-order valence-corrected chi connectivity index (χ4v) is 2.35. The summed E-state index contributed by atoms with van der Waals surface area (Å²) in [6, 6.07) is 1.09. The van der Waals surface area contributed by atoms with Crippen LogP contribution >= 0.6 is 0 Å². The van der Waals surface area contributed by atoms with E-state index in [9.17, 15) is 29.4 Å². The van der Waals surface area contributed by atoms with Gasteiger partial charge in [0.15, 0.2) is 18.6 Å². The average Bonchev–Trinajstić information content (AvgIpc) is 3.00. The van der Waals surface area contributed by atoms with Gasteiger partial charge in [-0.15, -0.1) is 0 Å². The largest absolute Gasteiger partial charge is 0.479 e. The van der Waals surface area contributed by atoms with E-state index in [0.717, 1.165) is 16.8 Å². The van der Waals surface area contributed by atoms with Gasteiger partial charge < -0.3 is 50.4 Å². The summed E-state index contributed by atoms with van der Waals surface area (Å²) >= 11 is 0. The Bertz CT molecular complexity index is 823. The fourth-order valence-electron chi connectivity index (χ4n) is 2.35. The van der Waals surface area contributed by atoms with E-state index in [2.05, 4.69) is 0 Å². The Balaban J connectivity index is 0.000000314. The van der Waals surface area contributed by atoms with Gasteiger partial charge in [-0.25, -0.2) is 9.59 Å². The van der Waals surface area contributed by atoms with Gasteiger partial charge in [-0.05, 0) is 0 Å². The van der Waals surface area contributed by atoms with Crippen molar-refractivity contribution in [1.29, 1.82) is 0 Å². The highest BCUT2D eigenvalue weighted by atomic mass is 16.6. The van der Waals surface area contributed by atoms with Crippen molar-refractivity contribution in [2.75, 3.05) is 6.61 Å². The molecule has 0 radical (unpaired) electrons. The maximum Gasteiger partial charge on any atom is 0.335 e. The molecule has 170 valence electrons. The molecule has 0 spiro atoms. The molecule has 0 saturated carbocycles. The summed E-state index contributed by atoms with van der Waals surface area (Å²) in [5.74, 6) is -1.76. The molecule has 15 nitrogen and oxygen atoms in total. The molecule has 1 aromatic heterocycles. The summed E-state index contributed by atoms with van der Waals surface area (Å²) in [5.41, 5.74) is -1.33. The van der Waals surface area contributed by atoms with Crippen molar-refractivity contribution in [2.24, 2.45) is 0 Å². The zero-order chi connectivity index (χ0) is 23.2. The predicted octanol–water partition coefficient (Wildman–Crippen LogP) is -6.14. The Hall–Kier alpha value is -2.50. The highest BCUT2D eigenvalue weighted by Gasteiger charge is 2.43. The van der Waals surface area contributed by atoms with E-state index >= 15 is 0 Å². The quantitative estimate of drug-likeness (QED) is 0.180. The van der Waals surface area contributed by atoms with Crippen molar-refractivity contribution in [1.82, 2.24) is 9.55 Å². The molecule has 1 aliphatic rings. The molecule has 9 N–H and O–H groups in total. The van der Waals surface area contributed by atoms with E-state index in [1.807, 2.05) is 4.98 Å². The van der Waals surface area contributed by atoms with Crippen molar-refractivity contribution >= 4 is 12.3 Å². The van der Waals surface area contributed by atoms with Crippen LogP contribution in [0.15, 0.2) is 21.9 Å². The number of carboxylic acids is 1. The van der Waals surface area contributed by atoms with Crippen LogP contribution in [0.3, 0.4) is 0 Å². The summed E-state index contributed by atoms with van der Waals surface area (Å²) < 4.78 is 6.08. The number of rotatable bonds is 7. The minimum absolute atomic E-state index is 0.0809. The first-order valence-electron chi connectivity index (χ1n) is 8.30. The van der Waals surface area contributed by atoms with E-state index in [0.29, 0.717) is 0 Å². The molecule has 1 aromatic rings. The van der Waals surface area contributed by atoms with Gasteiger partial charge >= 0.3 is 11.7 Å². The number of carboxylic acid groups (broad SMARTS) is 1. The maximum atomic E-state index is 11.4. The zero-order valence-corrected chi connectivity index (χ0v) is 15.1. The van der Waals surface area contributed by atoms with E-state index in [1.54, 1.807) is 0 Å². The molecule has 4 unspecified atom stereocenters. The van der Waals surface area contributed by atoms with Gasteiger partial charge in [0.05, 0.1) is 6.61 Å². The third kappa shape index (κ3) is 6.00. The maximum absolute atomic E-state index is 11.4. The number of aldehydes is 1. The molecule has 0 aliphatic carbocycles. The standard InChI is InChI=1S/C9H12N2O6.C6H10O7/c12-3-4-6(14)7(15)8(17-4)11-2-1-5(13)10-9(11)16;7-1-2(8)3(9)4(10)5(11)6(12)13/h1-2,4,6-8,12,14-15H,3H2,(H,10,13,16);1-5,8-11H,(H,12,13)/t4-,6-,7-,8-;/m1./s1. The van der Waals surface area contributed by atoms with Crippen molar-refractivity contribution in [3.8, 4) is 0 Å². The lowest BCUT2D eigenvalue weighted by molar-refractivity contribution is -0.163. The Morgan fingerprint density at radius 1 is 1.17 bits per heavy atom. The molecule has 2 heterocycles. The predicted molar refractivity (Wildman–Crippen MR) is 92.1 cm³/mol. The molecular formula is C15H22N2O13. The van der Waals surface area contributed by atoms with Crippen molar-refractivity contribution < 1.29 is 55.2 Å². The smallest absolute Gasteiger partial charge is 0.335 e. The first-order chi connectivity index (χ1) is 14.0. The third-order valence-electron chi connectivity index (χ3n) is 4.06. The molecule has 30 heavy (non-hydrogen) atoms. The second-order valence-electron chi connectivity index (χ2n) is 6.14. The van der Waals surface area contributed by atoms with Crippen molar-refractivity contribution in [3.05, 3.63) is 33.1 Å². The number of ether oxygens (including phenoxy) is 1. The fraction of sp³-hybridized carbons (Fsp3) is 0.600. The van der Waals surface area contributed by atoms with Crippen molar-refractivity contribution in [2.45, 2.75) is 49.0 Å². The van der Waals surface area contributed by atoms with E-state index in [-0.39, 0.29) is 6.29 Å². The van der Waals surface area contributed by atoms with Crippen LogP contribution in [0.1, 0.15) is 6.23 Å². The van der Waals surface area contributed by atoms with Crippen LogP contribution in [0.4, 0.5) is 0 Å². The molecule has 0 bridgehead atoms. The summed E-state index contributed by atoms with van der Waals surface area (Å²) in [4.78, 5) is 44.3. The topological polar surface area (TPSA) is 260 Å². The summed E-state index contributed by atoms with van der Waals surface area (Å²) in [6.45, 7) is -0.479. The van der Waals surface area contributed by atoms with Crippen LogP contribution in [0.25, 0.3) is 0 Å². The number of aromatic nitrogens is 2. The molecule has 0 aromatic carbocycles. The van der Waals surface area contributed by atoms with Crippen molar-refractivity contribution in [3.63, 3.8) is 0 Å². The van der Waals surface area contributed by atoms with Crippen LogP contribution in [0.2, 0.25) is 0 Å². The Kier molecular flexibility index (Phi) is 9.40. The number of aliphatic hydroxyl groups excluding tert-OH is 7. The number of carbonyl (C=O) groups is 2. The van der Waals surface area contributed by atoms with Gasteiger partial charge in [-0.1, -0.05) is 0 Å². The van der Waals surface area contributed by atoms with E-state index in [1.165, 1.54) is 0 Å². The monoisotopic (exact) mass is 438 g/mol. The number of H-pyrrole nitrogens is 1. The number of nitrogens with zero attached hydrogens (tertiary/aromatic N) is 1. The number of carbonyl (C=O) groups excluding carboxylic acids is 1. The van der Waals surface area contributed by atoms with Gasteiger partial charge in [0, 0.05) is 12.3 Å². The van der Waals surface area contributed by atoms with E-state index < -0.39 is 72.8 Å². The van der Waals surface area contributed by atoms with Gasteiger partial charge in [-0.2, -0.15) is 0 Å². The second kappa shape index (κ2) is 11.0. The molecule has 1 aliphatic heterocycles. The lowest BCUT2D eigenvalue weighted by atomic mass is 10.0. The van der Waals surface area contributed by atoms with Crippen LogP contribution in [0, 0.1) is 0 Å². The summed E-state index contributed by atoms with van der Waals surface area (Å²) in [6.07, 6.45) is -12.0. The average molecular weight is 438 g/mol. The number of aliphatic carboxylic acids is 1. The minimum Gasteiger partial charge on any atom is -0.479 e. The van der Waals surface area contributed by atoms with Gasteiger partial charge in [0.25, 0.3) is 5.56 Å². The lowest BCUT2D eigenvalue weighted by Gasteiger charge is -2.21. The molecule has 15 heteroatoms. The lowest BCUT2D eigenvalue weighted by Crippen LogP contribution is -2.48.